The highest BCUT2D eigenvalue weighted by Crippen LogP contribution is 2.27. The molecule has 0 aromatic heterocycles. The lowest BCUT2D eigenvalue weighted by atomic mass is 9.88. The van der Waals surface area contributed by atoms with Crippen LogP contribution in [0.25, 0.3) is 0 Å². The molecular formula is C16H13F2NO. The van der Waals surface area contributed by atoms with Gasteiger partial charge in [0, 0.05) is 6.42 Å². The maximum Gasteiger partial charge on any atom is 0.162 e. The van der Waals surface area contributed by atoms with Crippen molar-refractivity contribution in [1.82, 2.24) is 0 Å². The molecule has 0 aliphatic heterocycles. The summed E-state index contributed by atoms with van der Waals surface area (Å²) in [6, 6.07) is 12.3. The molecule has 0 heterocycles. The van der Waals surface area contributed by atoms with Gasteiger partial charge in [0.1, 0.15) is 0 Å². The summed E-state index contributed by atoms with van der Waals surface area (Å²) in [4.78, 5) is 0. The summed E-state index contributed by atoms with van der Waals surface area (Å²) in [7, 11) is 0. The Bertz CT molecular complexity index is 674. The number of nitriles is 1. The normalized spacial score (nSPS) is 13.6. The molecule has 0 radical (unpaired) electrons. The van der Waals surface area contributed by atoms with Crippen LogP contribution in [0.4, 0.5) is 8.78 Å². The Hall–Kier alpha value is -2.25. The standard InChI is InChI=1S/C16H13F2NO/c1-16(20,13-6-2-4-11(8-13)10-19)9-12-5-3-7-14(17)15(12)18/h2-8,20H,9H2,1H3. The summed E-state index contributed by atoms with van der Waals surface area (Å²) in [6.45, 7) is 1.51. The predicted octanol–water partition coefficient (Wildman–Crippen LogP) is 3.29. The van der Waals surface area contributed by atoms with Crippen molar-refractivity contribution in [3.63, 3.8) is 0 Å². The second kappa shape index (κ2) is 5.40. The second-order valence-electron chi connectivity index (χ2n) is 4.86. The number of hydrogen-bond acceptors (Lipinski definition) is 2. The minimum absolute atomic E-state index is 0.0779. The van der Waals surface area contributed by atoms with Gasteiger partial charge in [0.2, 0.25) is 0 Å². The maximum atomic E-state index is 13.7. The molecule has 20 heavy (non-hydrogen) atoms. The lowest BCUT2D eigenvalue weighted by Crippen LogP contribution is -2.25. The Balaban J connectivity index is 2.35. The highest BCUT2D eigenvalue weighted by Gasteiger charge is 2.26. The summed E-state index contributed by atoms with van der Waals surface area (Å²) >= 11 is 0. The lowest BCUT2D eigenvalue weighted by molar-refractivity contribution is 0.0565. The first kappa shape index (κ1) is 14.2. The first-order valence-corrected chi connectivity index (χ1v) is 6.10. The van der Waals surface area contributed by atoms with Crippen molar-refractivity contribution in [3.05, 3.63) is 70.8 Å². The molecule has 1 N–H and O–H groups in total. The average Bonchev–Trinajstić information content (AvgIpc) is 2.44. The fourth-order valence-corrected chi connectivity index (χ4v) is 2.08. The van der Waals surface area contributed by atoms with Gasteiger partial charge in [-0.3, -0.25) is 0 Å². The molecule has 1 unspecified atom stereocenters. The lowest BCUT2D eigenvalue weighted by Gasteiger charge is -2.24. The monoisotopic (exact) mass is 273 g/mol. The third kappa shape index (κ3) is 2.84. The molecule has 0 spiro atoms. The third-order valence-corrected chi connectivity index (χ3v) is 3.18. The van der Waals surface area contributed by atoms with Gasteiger partial charge >= 0.3 is 0 Å². The molecule has 1 atom stereocenters. The van der Waals surface area contributed by atoms with Crippen LogP contribution in [-0.2, 0) is 12.0 Å². The number of benzene rings is 2. The van der Waals surface area contributed by atoms with Crippen LogP contribution in [0, 0.1) is 23.0 Å². The van der Waals surface area contributed by atoms with Crippen LogP contribution < -0.4 is 0 Å². The summed E-state index contributed by atoms with van der Waals surface area (Å²) < 4.78 is 26.8. The molecule has 0 amide bonds. The first-order chi connectivity index (χ1) is 9.44. The maximum absolute atomic E-state index is 13.7. The van der Waals surface area contributed by atoms with E-state index in [1.54, 1.807) is 18.2 Å². The van der Waals surface area contributed by atoms with Gasteiger partial charge in [0.05, 0.1) is 17.2 Å². The average molecular weight is 273 g/mol. The predicted molar refractivity (Wildman–Crippen MR) is 70.8 cm³/mol. The number of nitrogens with zero attached hydrogens (tertiary/aromatic N) is 1. The van der Waals surface area contributed by atoms with Crippen molar-refractivity contribution < 1.29 is 13.9 Å². The van der Waals surface area contributed by atoms with Crippen LogP contribution in [0.3, 0.4) is 0 Å². The molecule has 0 fully saturated rings. The molecule has 4 heteroatoms. The van der Waals surface area contributed by atoms with E-state index in [9.17, 15) is 13.9 Å². The van der Waals surface area contributed by atoms with Crippen molar-refractivity contribution in [2.45, 2.75) is 18.9 Å². The van der Waals surface area contributed by atoms with Crippen LogP contribution in [0.5, 0.6) is 0 Å². The van der Waals surface area contributed by atoms with Gasteiger partial charge in [0.15, 0.2) is 11.6 Å². The second-order valence-corrected chi connectivity index (χ2v) is 4.86. The van der Waals surface area contributed by atoms with E-state index in [1.807, 2.05) is 6.07 Å². The Morgan fingerprint density at radius 1 is 1.20 bits per heavy atom. The van der Waals surface area contributed by atoms with Crippen LogP contribution in [0.1, 0.15) is 23.6 Å². The largest absolute Gasteiger partial charge is 0.385 e. The van der Waals surface area contributed by atoms with E-state index in [2.05, 4.69) is 0 Å². The van der Waals surface area contributed by atoms with Crippen LogP contribution in [0.15, 0.2) is 42.5 Å². The molecule has 2 aromatic rings. The summed E-state index contributed by atoms with van der Waals surface area (Å²) in [5.41, 5.74) is -0.401. The Kier molecular flexibility index (Phi) is 3.82. The number of aliphatic hydroxyl groups is 1. The summed E-state index contributed by atoms with van der Waals surface area (Å²) in [5.74, 6) is -1.90. The highest BCUT2D eigenvalue weighted by molar-refractivity contribution is 5.36. The van der Waals surface area contributed by atoms with Crippen molar-refractivity contribution in [2.24, 2.45) is 0 Å². The fraction of sp³-hybridized carbons (Fsp3) is 0.188. The number of hydrogen-bond donors (Lipinski definition) is 1. The highest BCUT2D eigenvalue weighted by atomic mass is 19.2. The smallest absolute Gasteiger partial charge is 0.162 e. The molecule has 0 aliphatic carbocycles. The minimum Gasteiger partial charge on any atom is -0.385 e. The Morgan fingerprint density at radius 3 is 2.60 bits per heavy atom. The molecular weight excluding hydrogens is 260 g/mol. The van der Waals surface area contributed by atoms with Gasteiger partial charge in [-0.25, -0.2) is 8.78 Å². The zero-order valence-corrected chi connectivity index (χ0v) is 10.9. The van der Waals surface area contributed by atoms with Crippen LogP contribution >= 0.6 is 0 Å². The number of rotatable bonds is 3. The topological polar surface area (TPSA) is 44.0 Å². The minimum atomic E-state index is -1.39. The summed E-state index contributed by atoms with van der Waals surface area (Å²) in [6.07, 6.45) is -0.0779. The van der Waals surface area contributed by atoms with Crippen molar-refractivity contribution in [2.75, 3.05) is 0 Å². The van der Waals surface area contributed by atoms with Gasteiger partial charge in [-0.2, -0.15) is 5.26 Å². The van der Waals surface area contributed by atoms with Gasteiger partial charge in [-0.05, 0) is 36.2 Å². The Morgan fingerprint density at radius 2 is 1.90 bits per heavy atom. The molecule has 0 saturated carbocycles. The third-order valence-electron chi connectivity index (χ3n) is 3.18. The quantitative estimate of drug-likeness (QED) is 0.932. The van der Waals surface area contributed by atoms with Crippen LogP contribution in [-0.4, -0.2) is 5.11 Å². The van der Waals surface area contributed by atoms with Gasteiger partial charge in [-0.1, -0.05) is 24.3 Å². The van der Waals surface area contributed by atoms with E-state index in [-0.39, 0.29) is 12.0 Å². The first-order valence-electron chi connectivity index (χ1n) is 6.10. The molecule has 2 rings (SSSR count). The van der Waals surface area contributed by atoms with Crippen molar-refractivity contribution >= 4 is 0 Å². The molecule has 0 aliphatic rings. The van der Waals surface area contributed by atoms with Crippen LogP contribution in [0.2, 0.25) is 0 Å². The molecule has 0 saturated heterocycles. The number of halogens is 2. The molecule has 102 valence electrons. The summed E-state index contributed by atoms with van der Waals surface area (Å²) in [5, 5.41) is 19.3. The van der Waals surface area contributed by atoms with E-state index in [0.717, 1.165) is 6.07 Å². The fourth-order valence-electron chi connectivity index (χ4n) is 2.08. The van der Waals surface area contributed by atoms with Gasteiger partial charge in [-0.15, -0.1) is 0 Å². The van der Waals surface area contributed by atoms with Gasteiger partial charge in [0.25, 0.3) is 0 Å². The molecule has 2 aromatic carbocycles. The van der Waals surface area contributed by atoms with Crippen molar-refractivity contribution in [3.8, 4) is 6.07 Å². The van der Waals surface area contributed by atoms with E-state index < -0.39 is 17.2 Å². The van der Waals surface area contributed by atoms with E-state index in [4.69, 9.17) is 5.26 Å². The van der Waals surface area contributed by atoms with E-state index in [0.29, 0.717) is 11.1 Å². The SMILES string of the molecule is CC(O)(Cc1cccc(F)c1F)c1cccc(C#N)c1. The molecule has 2 nitrogen and oxygen atoms in total. The van der Waals surface area contributed by atoms with E-state index >= 15 is 0 Å². The molecule has 0 bridgehead atoms. The van der Waals surface area contributed by atoms with E-state index in [1.165, 1.54) is 25.1 Å². The van der Waals surface area contributed by atoms with Gasteiger partial charge < -0.3 is 5.11 Å². The zero-order valence-electron chi connectivity index (χ0n) is 10.9. The van der Waals surface area contributed by atoms with Crippen molar-refractivity contribution in [1.29, 1.82) is 5.26 Å². The Labute approximate surface area is 115 Å². The zero-order chi connectivity index (χ0) is 14.8.